The molecule has 0 radical (unpaired) electrons. The van der Waals surface area contributed by atoms with E-state index in [0.717, 1.165) is 11.1 Å². The van der Waals surface area contributed by atoms with Crippen LogP contribution in [0.1, 0.15) is 24.1 Å². The number of hydrogen-bond acceptors (Lipinski definition) is 4. The molecule has 4 rings (SSSR count). The first-order valence-corrected chi connectivity index (χ1v) is 8.51. The molecule has 0 spiro atoms. The van der Waals surface area contributed by atoms with Crippen molar-refractivity contribution in [3.63, 3.8) is 0 Å². The second kappa shape index (κ2) is 6.35. The maximum Gasteiger partial charge on any atom is 0.248 e. The molecule has 0 fully saturated rings. The fourth-order valence-corrected chi connectivity index (χ4v) is 3.36. The molecule has 1 aliphatic rings. The van der Waals surface area contributed by atoms with E-state index in [1.807, 2.05) is 31.2 Å². The molecule has 0 saturated carbocycles. The summed E-state index contributed by atoms with van der Waals surface area (Å²) < 4.78 is 16.1. The molecule has 0 aliphatic carbocycles. The van der Waals surface area contributed by atoms with Crippen LogP contribution in [0.3, 0.4) is 0 Å². The molecule has 1 aliphatic heterocycles. The average molecular weight is 363 g/mol. The maximum absolute atomic E-state index is 14.6. The van der Waals surface area contributed by atoms with Crippen molar-refractivity contribution in [2.45, 2.75) is 19.9 Å². The van der Waals surface area contributed by atoms with E-state index in [1.54, 1.807) is 25.1 Å². The molecular weight excluding hydrogens is 345 g/mol. The first-order valence-electron chi connectivity index (χ1n) is 8.51. The first kappa shape index (κ1) is 17.0. The number of fused-ring (bicyclic) bond motifs is 1. The van der Waals surface area contributed by atoms with Crippen molar-refractivity contribution in [3.05, 3.63) is 76.7 Å². The lowest BCUT2D eigenvalue weighted by atomic mass is 9.95. The summed E-state index contributed by atoms with van der Waals surface area (Å²) in [5.41, 5.74) is 8.63. The third-order valence-electron chi connectivity index (χ3n) is 4.59. The Balaban J connectivity index is 1.92. The fourth-order valence-electron chi connectivity index (χ4n) is 3.36. The summed E-state index contributed by atoms with van der Waals surface area (Å²) in [5, 5.41) is 7.62. The zero-order valence-electron chi connectivity index (χ0n) is 14.9. The van der Waals surface area contributed by atoms with Crippen molar-refractivity contribution in [3.8, 4) is 11.4 Å². The van der Waals surface area contributed by atoms with Crippen LogP contribution in [0.2, 0.25) is 0 Å². The molecule has 27 heavy (non-hydrogen) atoms. The van der Waals surface area contributed by atoms with Crippen LogP contribution in [0.15, 0.2) is 59.8 Å². The lowest BCUT2D eigenvalue weighted by Crippen LogP contribution is -2.32. The summed E-state index contributed by atoms with van der Waals surface area (Å²) in [6.45, 7) is 3.70. The van der Waals surface area contributed by atoms with E-state index in [0.29, 0.717) is 23.0 Å². The van der Waals surface area contributed by atoms with Gasteiger partial charge in [0.1, 0.15) is 11.9 Å². The number of carbonyl (C=O) groups is 1. The van der Waals surface area contributed by atoms with Gasteiger partial charge in [-0.25, -0.2) is 9.07 Å². The Morgan fingerprint density at radius 2 is 1.96 bits per heavy atom. The van der Waals surface area contributed by atoms with Gasteiger partial charge in [0.15, 0.2) is 5.82 Å². The quantitative estimate of drug-likeness (QED) is 0.748. The van der Waals surface area contributed by atoms with Crippen LogP contribution in [-0.2, 0) is 4.79 Å². The molecule has 1 unspecified atom stereocenters. The summed E-state index contributed by atoms with van der Waals surface area (Å²) in [6.07, 6.45) is 0. The number of primary amides is 1. The molecule has 3 aromatic rings. The Kier molecular flexibility index (Phi) is 3.99. The zero-order valence-corrected chi connectivity index (χ0v) is 14.9. The van der Waals surface area contributed by atoms with Gasteiger partial charge in [-0.15, -0.1) is 5.10 Å². The van der Waals surface area contributed by atoms with E-state index in [2.05, 4.69) is 15.4 Å². The Morgan fingerprint density at radius 3 is 2.67 bits per heavy atom. The van der Waals surface area contributed by atoms with Crippen LogP contribution in [0.4, 0.5) is 10.3 Å². The second-order valence-electron chi connectivity index (χ2n) is 6.53. The summed E-state index contributed by atoms with van der Waals surface area (Å²) in [7, 11) is 0. The monoisotopic (exact) mass is 363 g/mol. The Labute approximate surface area is 155 Å². The van der Waals surface area contributed by atoms with Crippen LogP contribution in [0.5, 0.6) is 0 Å². The summed E-state index contributed by atoms with van der Waals surface area (Å²) in [5.74, 6) is -0.149. The van der Waals surface area contributed by atoms with Gasteiger partial charge in [-0.3, -0.25) is 4.79 Å². The first-order chi connectivity index (χ1) is 13.0. The number of hydrogen-bond donors (Lipinski definition) is 2. The number of anilines is 1. The Bertz CT molecular complexity index is 1090. The van der Waals surface area contributed by atoms with E-state index in [4.69, 9.17) is 5.73 Å². The van der Waals surface area contributed by atoms with Crippen molar-refractivity contribution in [1.29, 1.82) is 0 Å². The topological polar surface area (TPSA) is 85.8 Å². The number of nitrogens with one attached hydrogen (secondary N) is 1. The third-order valence-corrected chi connectivity index (χ3v) is 4.59. The molecule has 1 aromatic heterocycles. The van der Waals surface area contributed by atoms with E-state index in [9.17, 15) is 9.18 Å². The molecule has 6 nitrogen and oxygen atoms in total. The highest BCUT2D eigenvalue weighted by Crippen LogP contribution is 2.36. The normalized spacial score (nSPS) is 16.0. The van der Waals surface area contributed by atoms with E-state index in [1.165, 1.54) is 10.7 Å². The minimum atomic E-state index is -0.786. The molecule has 0 saturated heterocycles. The highest BCUT2D eigenvalue weighted by molar-refractivity contribution is 5.95. The molecular formula is C20H18FN5O. The van der Waals surface area contributed by atoms with E-state index in [-0.39, 0.29) is 5.57 Å². The summed E-state index contributed by atoms with van der Waals surface area (Å²) in [4.78, 5) is 16.7. The molecule has 1 amide bonds. The maximum atomic E-state index is 14.6. The van der Waals surface area contributed by atoms with E-state index < -0.39 is 17.8 Å². The van der Waals surface area contributed by atoms with Crippen LogP contribution < -0.4 is 11.1 Å². The number of allylic oxidation sites excluding steroid dienone is 1. The molecule has 2 aromatic carbocycles. The van der Waals surface area contributed by atoms with Gasteiger partial charge in [0.05, 0.1) is 5.57 Å². The van der Waals surface area contributed by atoms with Crippen molar-refractivity contribution in [2.75, 3.05) is 5.32 Å². The Hall–Kier alpha value is -3.48. The molecule has 136 valence electrons. The van der Waals surface area contributed by atoms with Crippen molar-refractivity contribution in [1.82, 2.24) is 14.8 Å². The Morgan fingerprint density at radius 1 is 1.19 bits per heavy atom. The van der Waals surface area contributed by atoms with Gasteiger partial charge < -0.3 is 11.1 Å². The van der Waals surface area contributed by atoms with Crippen molar-refractivity contribution in [2.24, 2.45) is 5.73 Å². The number of aromatic nitrogens is 3. The number of nitrogens with two attached hydrogens (primary N) is 1. The largest absolute Gasteiger partial charge is 0.366 e. The van der Waals surface area contributed by atoms with Gasteiger partial charge in [0.2, 0.25) is 11.9 Å². The minimum absolute atomic E-state index is 0.258. The van der Waals surface area contributed by atoms with Gasteiger partial charge in [-0.1, -0.05) is 42.0 Å². The van der Waals surface area contributed by atoms with Crippen molar-refractivity contribution < 1.29 is 9.18 Å². The van der Waals surface area contributed by atoms with Crippen LogP contribution in [0, 0.1) is 12.7 Å². The van der Waals surface area contributed by atoms with Gasteiger partial charge in [-0.2, -0.15) is 4.98 Å². The predicted octanol–water partition coefficient (Wildman–Crippen LogP) is 3.17. The standard InChI is InChI=1S/C20H18FN5O/c1-11-6-5-7-13(10-11)19-24-20-23-12(2)16(18(22)27)17(26(20)25-19)14-8-3-4-9-15(14)21/h3-10,17H,1-2H3,(H2,22,27)(H,23,24,25). The second-order valence-corrected chi connectivity index (χ2v) is 6.53. The smallest absolute Gasteiger partial charge is 0.248 e. The number of nitrogens with zero attached hydrogens (tertiary/aromatic N) is 3. The SMILES string of the molecule is CC1=C(C(N)=O)C(c2ccccc2F)n2nc(-c3cccc(C)c3)nc2N1. The van der Waals surface area contributed by atoms with Crippen LogP contribution >= 0.6 is 0 Å². The number of halogens is 1. The van der Waals surface area contributed by atoms with Gasteiger partial charge in [0.25, 0.3) is 0 Å². The average Bonchev–Trinajstić information content (AvgIpc) is 3.04. The summed E-state index contributed by atoms with van der Waals surface area (Å²) >= 11 is 0. The predicted molar refractivity (Wildman–Crippen MR) is 100 cm³/mol. The number of rotatable bonds is 3. The molecule has 3 N–H and O–H groups in total. The molecule has 0 bridgehead atoms. The number of benzene rings is 2. The van der Waals surface area contributed by atoms with Crippen molar-refractivity contribution >= 4 is 11.9 Å². The summed E-state index contributed by atoms with van der Waals surface area (Å²) in [6, 6.07) is 13.3. The van der Waals surface area contributed by atoms with Crippen LogP contribution in [0.25, 0.3) is 11.4 Å². The number of amides is 1. The highest BCUT2D eigenvalue weighted by Gasteiger charge is 2.34. The highest BCUT2D eigenvalue weighted by atomic mass is 19.1. The van der Waals surface area contributed by atoms with Gasteiger partial charge in [0, 0.05) is 16.8 Å². The third kappa shape index (κ3) is 2.87. The fraction of sp³-hybridized carbons (Fsp3) is 0.150. The lowest BCUT2D eigenvalue weighted by molar-refractivity contribution is -0.115. The van der Waals surface area contributed by atoms with Crippen LogP contribution in [-0.4, -0.2) is 20.7 Å². The molecule has 1 atom stereocenters. The zero-order chi connectivity index (χ0) is 19.1. The number of carbonyl (C=O) groups excluding carboxylic acids is 1. The van der Waals surface area contributed by atoms with Gasteiger partial charge >= 0.3 is 0 Å². The molecule has 7 heteroatoms. The lowest BCUT2D eigenvalue weighted by Gasteiger charge is -2.27. The van der Waals surface area contributed by atoms with E-state index >= 15 is 0 Å². The minimum Gasteiger partial charge on any atom is -0.366 e. The van der Waals surface area contributed by atoms with Gasteiger partial charge in [-0.05, 0) is 26.0 Å². The molecule has 2 heterocycles. The number of aryl methyl sites for hydroxylation is 1.